The molecule has 0 aliphatic carbocycles. The third-order valence-corrected chi connectivity index (χ3v) is 4.24. The van der Waals surface area contributed by atoms with Gasteiger partial charge in [0.05, 0.1) is 16.3 Å². The number of hydrogen-bond acceptors (Lipinski definition) is 4. The van der Waals surface area contributed by atoms with Gasteiger partial charge in [0, 0.05) is 6.04 Å². The molecule has 0 heterocycles. The fraction of sp³-hybridized carbons (Fsp3) is 0.538. The third-order valence-electron chi connectivity index (χ3n) is 2.83. The number of anilines is 2. The highest BCUT2D eigenvalue weighted by molar-refractivity contribution is 7.89. The summed E-state index contributed by atoms with van der Waals surface area (Å²) in [6.45, 7) is 6.34. The summed E-state index contributed by atoms with van der Waals surface area (Å²) in [6, 6.07) is 4.90. The Morgan fingerprint density at radius 2 is 1.89 bits per heavy atom. The summed E-state index contributed by atoms with van der Waals surface area (Å²) in [5.74, 6) is 0.563. The smallest absolute Gasteiger partial charge is 0.240 e. The molecule has 0 aliphatic heterocycles. The molecule has 1 aromatic carbocycles. The van der Waals surface area contributed by atoms with Crippen LogP contribution in [0.15, 0.2) is 23.1 Å². The Morgan fingerprint density at radius 1 is 1.26 bits per heavy atom. The number of benzene rings is 1. The van der Waals surface area contributed by atoms with E-state index in [1.807, 2.05) is 0 Å². The molecular weight excluding hydrogens is 262 g/mol. The van der Waals surface area contributed by atoms with E-state index in [-0.39, 0.29) is 10.9 Å². The van der Waals surface area contributed by atoms with Gasteiger partial charge in [0.1, 0.15) is 0 Å². The van der Waals surface area contributed by atoms with Crippen LogP contribution in [-0.2, 0) is 10.0 Å². The molecule has 1 atom stereocenters. The van der Waals surface area contributed by atoms with Crippen LogP contribution in [0.2, 0.25) is 0 Å². The van der Waals surface area contributed by atoms with Crippen molar-refractivity contribution < 1.29 is 8.42 Å². The Morgan fingerprint density at radius 3 is 2.42 bits per heavy atom. The van der Waals surface area contributed by atoms with E-state index in [1.54, 1.807) is 12.1 Å². The quantitative estimate of drug-likeness (QED) is 0.698. The van der Waals surface area contributed by atoms with Crippen LogP contribution < -0.4 is 15.8 Å². The van der Waals surface area contributed by atoms with Crippen LogP contribution in [0.1, 0.15) is 27.2 Å². The van der Waals surface area contributed by atoms with Crippen molar-refractivity contribution in [2.24, 2.45) is 5.92 Å². The molecule has 0 spiro atoms. The van der Waals surface area contributed by atoms with Gasteiger partial charge in [-0.2, -0.15) is 0 Å². The molecule has 1 aromatic rings. The van der Waals surface area contributed by atoms with Gasteiger partial charge in [-0.3, -0.25) is 0 Å². The summed E-state index contributed by atoms with van der Waals surface area (Å²) in [7, 11) is -2.05. The average molecular weight is 285 g/mol. The van der Waals surface area contributed by atoms with Crippen molar-refractivity contribution in [2.45, 2.75) is 38.1 Å². The third kappa shape index (κ3) is 4.40. The van der Waals surface area contributed by atoms with E-state index in [2.05, 4.69) is 30.8 Å². The number of sulfonamides is 1. The number of nitrogens with one attached hydrogen (secondary N) is 2. The first-order chi connectivity index (χ1) is 8.76. The molecule has 0 amide bonds. The van der Waals surface area contributed by atoms with E-state index >= 15 is 0 Å². The van der Waals surface area contributed by atoms with Crippen molar-refractivity contribution in [3.63, 3.8) is 0 Å². The van der Waals surface area contributed by atoms with Crippen LogP contribution in [0, 0.1) is 5.92 Å². The van der Waals surface area contributed by atoms with Gasteiger partial charge in [-0.15, -0.1) is 0 Å². The van der Waals surface area contributed by atoms with E-state index in [1.165, 1.54) is 13.1 Å². The molecule has 0 bridgehead atoms. The highest BCUT2D eigenvalue weighted by Crippen LogP contribution is 2.24. The molecule has 1 unspecified atom stereocenters. The molecule has 6 heteroatoms. The van der Waals surface area contributed by atoms with Crippen LogP contribution in [0.4, 0.5) is 11.4 Å². The highest BCUT2D eigenvalue weighted by atomic mass is 32.2. The van der Waals surface area contributed by atoms with Gasteiger partial charge in [-0.25, -0.2) is 13.1 Å². The van der Waals surface area contributed by atoms with Crippen LogP contribution in [0.25, 0.3) is 0 Å². The number of hydrogen-bond donors (Lipinski definition) is 3. The lowest BCUT2D eigenvalue weighted by Gasteiger charge is -2.19. The highest BCUT2D eigenvalue weighted by Gasteiger charge is 2.14. The van der Waals surface area contributed by atoms with Gasteiger partial charge in [-0.1, -0.05) is 13.8 Å². The molecule has 0 saturated carbocycles. The van der Waals surface area contributed by atoms with Crippen molar-refractivity contribution in [2.75, 3.05) is 18.1 Å². The second-order valence-corrected chi connectivity index (χ2v) is 7.02. The summed E-state index contributed by atoms with van der Waals surface area (Å²) in [6.07, 6.45) is 0.989. The number of rotatable bonds is 6. The lowest BCUT2D eigenvalue weighted by atomic mass is 10.0. The molecule has 4 N–H and O–H groups in total. The second-order valence-electron chi connectivity index (χ2n) is 5.13. The zero-order chi connectivity index (χ0) is 14.6. The first-order valence-electron chi connectivity index (χ1n) is 6.36. The molecule has 19 heavy (non-hydrogen) atoms. The second kappa shape index (κ2) is 6.25. The van der Waals surface area contributed by atoms with E-state index in [4.69, 9.17) is 5.73 Å². The maximum atomic E-state index is 11.7. The van der Waals surface area contributed by atoms with Crippen molar-refractivity contribution in [3.05, 3.63) is 18.2 Å². The number of nitrogen functional groups attached to an aromatic ring is 1. The molecule has 5 nitrogen and oxygen atoms in total. The first-order valence-corrected chi connectivity index (χ1v) is 7.84. The van der Waals surface area contributed by atoms with Gasteiger partial charge in [0.25, 0.3) is 0 Å². The first kappa shape index (κ1) is 15.8. The normalized spacial score (nSPS) is 13.5. The molecule has 0 aliphatic rings. The zero-order valence-corrected chi connectivity index (χ0v) is 12.7. The SMILES string of the molecule is CNS(=O)(=O)c1ccc(N)c(NC(C)CC(C)C)c1. The van der Waals surface area contributed by atoms with E-state index < -0.39 is 10.0 Å². The topological polar surface area (TPSA) is 84.2 Å². The molecule has 0 aromatic heterocycles. The summed E-state index contributed by atoms with van der Waals surface area (Å²) >= 11 is 0. The molecule has 0 saturated heterocycles. The predicted octanol–water partition coefficient (Wildman–Crippen LogP) is 2.02. The summed E-state index contributed by atoms with van der Waals surface area (Å²) in [4.78, 5) is 0.212. The van der Waals surface area contributed by atoms with E-state index in [9.17, 15) is 8.42 Å². The average Bonchev–Trinajstić information content (AvgIpc) is 2.30. The Bertz CT molecular complexity index is 527. The maximum absolute atomic E-state index is 11.7. The van der Waals surface area contributed by atoms with Crippen LogP contribution in [0.3, 0.4) is 0 Å². The Kier molecular flexibility index (Phi) is 5.20. The Labute approximate surface area is 115 Å². The largest absolute Gasteiger partial charge is 0.397 e. The fourth-order valence-corrected chi connectivity index (χ4v) is 2.73. The van der Waals surface area contributed by atoms with E-state index in [0.717, 1.165) is 6.42 Å². The fourth-order valence-electron chi connectivity index (χ4n) is 1.98. The molecule has 108 valence electrons. The molecule has 0 radical (unpaired) electrons. The molecule has 0 fully saturated rings. The lowest BCUT2D eigenvalue weighted by molar-refractivity contribution is 0.540. The summed E-state index contributed by atoms with van der Waals surface area (Å²) < 4.78 is 25.8. The van der Waals surface area contributed by atoms with Crippen LogP contribution in [-0.4, -0.2) is 21.5 Å². The van der Waals surface area contributed by atoms with Gasteiger partial charge >= 0.3 is 0 Å². The Balaban J connectivity index is 2.98. The van der Waals surface area contributed by atoms with Crippen molar-refractivity contribution in [1.29, 1.82) is 0 Å². The van der Waals surface area contributed by atoms with Crippen molar-refractivity contribution in [1.82, 2.24) is 4.72 Å². The minimum Gasteiger partial charge on any atom is -0.397 e. The number of nitrogens with two attached hydrogens (primary N) is 1. The monoisotopic (exact) mass is 285 g/mol. The van der Waals surface area contributed by atoms with Gasteiger partial charge in [0.2, 0.25) is 10.0 Å². The van der Waals surface area contributed by atoms with Gasteiger partial charge in [0.15, 0.2) is 0 Å². The van der Waals surface area contributed by atoms with Gasteiger partial charge in [-0.05, 0) is 44.5 Å². The minimum absolute atomic E-state index is 0.212. The van der Waals surface area contributed by atoms with Crippen molar-refractivity contribution >= 4 is 21.4 Å². The molecular formula is C13H23N3O2S. The van der Waals surface area contributed by atoms with Gasteiger partial charge < -0.3 is 11.1 Å². The van der Waals surface area contributed by atoms with E-state index in [0.29, 0.717) is 17.3 Å². The predicted molar refractivity (Wildman–Crippen MR) is 79.6 cm³/mol. The molecule has 1 rings (SSSR count). The Hall–Kier alpha value is -1.27. The minimum atomic E-state index is -3.44. The summed E-state index contributed by atoms with van der Waals surface area (Å²) in [5, 5.41) is 3.26. The maximum Gasteiger partial charge on any atom is 0.240 e. The van der Waals surface area contributed by atoms with Crippen LogP contribution in [0.5, 0.6) is 0 Å². The van der Waals surface area contributed by atoms with Crippen molar-refractivity contribution in [3.8, 4) is 0 Å². The summed E-state index contributed by atoms with van der Waals surface area (Å²) in [5.41, 5.74) is 7.08. The van der Waals surface area contributed by atoms with Crippen LogP contribution >= 0.6 is 0 Å². The lowest BCUT2D eigenvalue weighted by Crippen LogP contribution is -2.21. The zero-order valence-electron chi connectivity index (χ0n) is 11.9. The standard InChI is InChI=1S/C13H23N3O2S/c1-9(2)7-10(3)16-13-8-11(5-6-12(13)14)19(17,18)15-4/h5-6,8-10,15-16H,7,14H2,1-4H3.